The Kier molecular flexibility index (Phi) is 5.81. The molecule has 138 valence electrons. The van der Waals surface area contributed by atoms with Gasteiger partial charge in [-0.3, -0.25) is 0 Å². The van der Waals surface area contributed by atoms with Crippen LogP contribution >= 0.6 is 15.9 Å². The Balaban J connectivity index is 1.73. The summed E-state index contributed by atoms with van der Waals surface area (Å²) in [6, 6.07) is 8.17. The lowest BCUT2D eigenvalue weighted by Crippen LogP contribution is -2.17. The third kappa shape index (κ3) is 4.18. The summed E-state index contributed by atoms with van der Waals surface area (Å²) < 4.78 is 12.3. The minimum atomic E-state index is 0.0842. The Morgan fingerprint density at radius 1 is 1.31 bits per heavy atom. The maximum Gasteiger partial charge on any atom is 0.228 e. The summed E-state index contributed by atoms with van der Waals surface area (Å²) in [4.78, 5) is 11.1. The summed E-state index contributed by atoms with van der Waals surface area (Å²) in [7, 11) is 3.68. The topological polar surface area (TPSA) is 47.0 Å². The zero-order valence-corrected chi connectivity index (χ0v) is 17.2. The highest BCUT2D eigenvalue weighted by atomic mass is 79.9. The number of hydrogen-bond donors (Lipinski definition) is 0. The minimum Gasteiger partial charge on any atom is -0.497 e. The molecule has 26 heavy (non-hydrogen) atoms. The van der Waals surface area contributed by atoms with Crippen molar-refractivity contribution in [1.82, 2.24) is 9.88 Å². The van der Waals surface area contributed by atoms with E-state index in [0.717, 1.165) is 41.0 Å². The van der Waals surface area contributed by atoms with Crippen molar-refractivity contribution in [3.8, 4) is 11.6 Å². The number of aliphatic imine (C=N–C) groups is 1. The van der Waals surface area contributed by atoms with E-state index in [-0.39, 0.29) is 6.10 Å². The lowest BCUT2D eigenvalue weighted by molar-refractivity contribution is 0.203. The zero-order valence-electron chi connectivity index (χ0n) is 15.6. The van der Waals surface area contributed by atoms with Gasteiger partial charge in [-0.2, -0.15) is 0 Å². The van der Waals surface area contributed by atoms with Crippen molar-refractivity contribution in [1.29, 1.82) is 0 Å². The average molecular weight is 418 g/mol. The molecule has 0 radical (unpaired) electrons. The van der Waals surface area contributed by atoms with Crippen molar-refractivity contribution in [3.63, 3.8) is 0 Å². The molecule has 0 bridgehead atoms. The van der Waals surface area contributed by atoms with Crippen molar-refractivity contribution in [2.45, 2.75) is 32.8 Å². The van der Waals surface area contributed by atoms with Gasteiger partial charge in [0.1, 0.15) is 11.9 Å². The summed E-state index contributed by atoms with van der Waals surface area (Å²) in [5, 5.41) is 0. The number of rotatable bonds is 6. The van der Waals surface area contributed by atoms with Crippen molar-refractivity contribution in [2.75, 3.05) is 20.7 Å². The molecular weight excluding hydrogens is 394 g/mol. The number of ether oxygens (including phenoxy) is 2. The van der Waals surface area contributed by atoms with Gasteiger partial charge in [0.25, 0.3) is 0 Å². The van der Waals surface area contributed by atoms with E-state index in [1.54, 1.807) is 7.11 Å². The number of methoxy groups -OCH3 is 1. The molecule has 0 amide bonds. The SMILES string of the molecule is CCN(C)C=Nc1cc(Br)c(OC2Cc3ccc(OC)cc3C2)nc1C. The van der Waals surface area contributed by atoms with Crippen LogP contribution in [0.1, 0.15) is 23.7 Å². The quantitative estimate of drug-likeness (QED) is 0.518. The molecule has 2 aromatic rings. The Morgan fingerprint density at radius 2 is 2.08 bits per heavy atom. The van der Waals surface area contributed by atoms with E-state index < -0.39 is 0 Å². The molecule has 1 atom stereocenters. The van der Waals surface area contributed by atoms with E-state index in [1.807, 2.05) is 37.3 Å². The largest absolute Gasteiger partial charge is 0.497 e. The first-order valence-corrected chi connectivity index (χ1v) is 9.53. The molecule has 6 heteroatoms. The standard InChI is InChI=1S/C20H24BrN3O2/c1-5-24(3)12-22-19-11-18(21)20(23-13(19)2)26-17-8-14-6-7-16(25-4)9-15(14)10-17/h6-7,9,11-12,17H,5,8,10H2,1-4H3. The van der Waals surface area contributed by atoms with Crippen LogP contribution in [-0.2, 0) is 12.8 Å². The van der Waals surface area contributed by atoms with Gasteiger partial charge in [0, 0.05) is 26.4 Å². The Hall–Kier alpha value is -2.08. The summed E-state index contributed by atoms with van der Waals surface area (Å²) in [6.45, 7) is 4.94. The molecule has 0 spiro atoms. The molecule has 1 unspecified atom stereocenters. The van der Waals surface area contributed by atoms with Crippen LogP contribution < -0.4 is 9.47 Å². The maximum absolute atomic E-state index is 6.18. The minimum absolute atomic E-state index is 0.0842. The third-order valence-electron chi connectivity index (χ3n) is 4.59. The van der Waals surface area contributed by atoms with Gasteiger partial charge in [0.15, 0.2) is 0 Å². The van der Waals surface area contributed by atoms with Gasteiger partial charge in [-0.1, -0.05) is 6.07 Å². The second kappa shape index (κ2) is 8.08. The Labute approximate surface area is 163 Å². The number of benzene rings is 1. The number of pyridine rings is 1. The molecule has 1 aliphatic carbocycles. The van der Waals surface area contributed by atoms with E-state index in [2.05, 4.69) is 45.0 Å². The summed E-state index contributed by atoms with van der Waals surface area (Å²) in [6.07, 6.45) is 3.65. The molecule has 1 aliphatic rings. The summed E-state index contributed by atoms with van der Waals surface area (Å²) in [5.74, 6) is 1.51. The highest BCUT2D eigenvalue weighted by molar-refractivity contribution is 9.10. The molecule has 1 aromatic heterocycles. The number of aromatic nitrogens is 1. The second-order valence-corrected chi connectivity index (χ2v) is 7.33. The highest BCUT2D eigenvalue weighted by Crippen LogP contribution is 2.33. The second-order valence-electron chi connectivity index (χ2n) is 6.48. The van der Waals surface area contributed by atoms with Crippen LogP contribution in [0.25, 0.3) is 0 Å². The average Bonchev–Trinajstić information content (AvgIpc) is 3.04. The van der Waals surface area contributed by atoms with Crippen LogP contribution in [0.3, 0.4) is 0 Å². The van der Waals surface area contributed by atoms with Gasteiger partial charge in [-0.15, -0.1) is 0 Å². The van der Waals surface area contributed by atoms with E-state index in [4.69, 9.17) is 9.47 Å². The Bertz CT molecular complexity index is 823. The normalized spacial score (nSPS) is 16.0. The van der Waals surface area contributed by atoms with Gasteiger partial charge < -0.3 is 14.4 Å². The molecule has 1 heterocycles. The van der Waals surface area contributed by atoms with Crippen molar-refractivity contribution in [3.05, 3.63) is 45.6 Å². The highest BCUT2D eigenvalue weighted by Gasteiger charge is 2.25. The Morgan fingerprint density at radius 3 is 2.81 bits per heavy atom. The molecule has 1 aromatic carbocycles. The number of aryl methyl sites for hydroxylation is 1. The van der Waals surface area contributed by atoms with Crippen LogP contribution in [0.15, 0.2) is 33.7 Å². The fourth-order valence-corrected chi connectivity index (χ4v) is 3.33. The number of halogens is 1. The third-order valence-corrected chi connectivity index (χ3v) is 5.16. The number of hydrogen-bond acceptors (Lipinski definition) is 4. The van der Waals surface area contributed by atoms with E-state index in [1.165, 1.54) is 11.1 Å². The monoisotopic (exact) mass is 417 g/mol. The lowest BCUT2D eigenvalue weighted by atomic mass is 10.1. The molecular formula is C20H24BrN3O2. The first kappa shape index (κ1) is 18.7. The fraction of sp³-hybridized carbons (Fsp3) is 0.400. The van der Waals surface area contributed by atoms with Crippen LogP contribution in [0, 0.1) is 6.92 Å². The lowest BCUT2D eigenvalue weighted by Gasteiger charge is -2.15. The predicted molar refractivity (Wildman–Crippen MR) is 108 cm³/mol. The first-order chi connectivity index (χ1) is 12.5. The smallest absolute Gasteiger partial charge is 0.228 e. The van der Waals surface area contributed by atoms with Gasteiger partial charge in [-0.05, 0) is 59.1 Å². The molecule has 0 fully saturated rings. The molecule has 3 rings (SSSR count). The molecule has 0 aliphatic heterocycles. The summed E-state index contributed by atoms with van der Waals surface area (Å²) in [5.41, 5.74) is 4.28. The molecule has 0 saturated carbocycles. The van der Waals surface area contributed by atoms with Crippen LogP contribution in [0.5, 0.6) is 11.6 Å². The van der Waals surface area contributed by atoms with Gasteiger partial charge >= 0.3 is 0 Å². The zero-order chi connectivity index (χ0) is 18.7. The van der Waals surface area contributed by atoms with Crippen molar-refractivity contribution in [2.24, 2.45) is 4.99 Å². The molecule has 5 nitrogen and oxygen atoms in total. The van der Waals surface area contributed by atoms with E-state index >= 15 is 0 Å². The maximum atomic E-state index is 6.18. The number of fused-ring (bicyclic) bond motifs is 1. The molecule has 0 N–H and O–H groups in total. The van der Waals surface area contributed by atoms with E-state index in [0.29, 0.717) is 5.88 Å². The van der Waals surface area contributed by atoms with Gasteiger partial charge in [0.05, 0.1) is 29.3 Å². The van der Waals surface area contributed by atoms with Gasteiger partial charge in [-0.25, -0.2) is 9.98 Å². The summed E-state index contributed by atoms with van der Waals surface area (Å²) >= 11 is 3.58. The van der Waals surface area contributed by atoms with Crippen LogP contribution in [0.2, 0.25) is 0 Å². The van der Waals surface area contributed by atoms with Crippen molar-refractivity contribution < 1.29 is 9.47 Å². The van der Waals surface area contributed by atoms with Crippen LogP contribution in [0.4, 0.5) is 5.69 Å². The molecule has 0 saturated heterocycles. The fourth-order valence-electron chi connectivity index (χ4n) is 2.93. The first-order valence-electron chi connectivity index (χ1n) is 8.74. The predicted octanol–water partition coefficient (Wildman–Crippen LogP) is 4.32. The van der Waals surface area contributed by atoms with Crippen molar-refractivity contribution >= 4 is 28.0 Å². The van der Waals surface area contributed by atoms with Crippen LogP contribution in [-0.4, -0.2) is 43.0 Å². The van der Waals surface area contributed by atoms with Gasteiger partial charge in [0.2, 0.25) is 5.88 Å². The number of nitrogens with zero attached hydrogens (tertiary/aromatic N) is 3. The van der Waals surface area contributed by atoms with E-state index in [9.17, 15) is 0 Å².